The SMILES string of the molecule is CC(C)(C)OC(=O)Cc1cc(C(F)(F)C(F)(F)F)ccn1. The molecule has 1 heterocycles. The lowest BCUT2D eigenvalue weighted by molar-refractivity contribution is -0.289. The molecule has 0 N–H and O–H groups in total. The number of esters is 1. The average molecular weight is 311 g/mol. The highest BCUT2D eigenvalue weighted by Gasteiger charge is 2.58. The van der Waals surface area contributed by atoms with Crippen LogP contribution in [0.5, 0.6) is 0 Å². The van der Waals surface area contributed by atoms with E-state index in [1.165, 1.54) is 0 Å². The molecule has 118 valence electrons. The minimum Gasteiger partial charge on any atom is -0.460 e. The van der Waals surface area contributed by atoms with Crippen LogP contribution in [0, 0.1) is 0 Å². The Morgan fingerprint density at radius 3 is 2.24 bits per heavy atom. The van der Waals surface area contributed by atoms with Crippen molar-refractivity contribution in [1.82, 2.24) is 4.98 Å². The zero-order chi connectivity index (χ0) is 16.5. The molecule has 0 atom stereocenters. The van der Waals surface area contributed by atoms with Crippen LogP contribution in [0.25, 0.3) is 0 Å². The molecule has 1 aromatic rings. The van der Waals surface area contributed by atoms with E-state index >= 15 is 0 Å². The van der Waals surface area contributed by atoms with Crippen LogP contribution < -0.4 is 0 Å². The van der Waals surface area contributed by atoms with E-state index in [4.69, 9.17) is 4.74 Å². The molecule has 0 fully saturated rings. The lowest BCUT2D eigenvalue weighted by Crippen LogP contribution is -2.33. The van der Waals surface area contributed by atoms with Crippen molar-refractivity contribution < 1.29 is 31.5 Å². The van der Waals surface area contributed by atoms with E-state index in [0.29, 0.717) is 12.1 Å². The Hall–Kier alpha value is -1.73. The molecule has 0 amide bonds. The molecule has 1 aromatic heterocycles. The quantitative estimate of drug-likeness (QED) is 0.632. The Kier molecular flexibility index (Phi) is 4.60. The molecular formula is C13H14F5NO2. The van der Waals surface area contributed by atoms with Gasteiger partial charge in [-0.15, -0.1) is 0 Å². The van der Waals surface area contributed by atoms with Gasteiger partial charge in [-0.3, -0.25) is 9.78 Å². The van der Waals surface area contributed by atoms with E-state index in [-0.39, 0.29) is 5.69 Å². The third-order valence-electron chi connectivity index (χ3n) is 2.28. The number of ether oxygens (including phenoxy) is 1. The molecule has 0 saturated heterocycles. The average Bonchev–Trinajstić information content (AvgIpc) is 2.24. The highest BCUT2D eigenvalue weighted by Crippen LogP contribution is 2.43. The third-order valence-corrected chi connectivity index (χ3v) is 2.28. The second-order valence-electron chi connectivity index (χ2n) is 5.37. The van der Waals surface area contributed by atoms with Crippen LogP contribution in [0.1, 0.15) is 32.0 Å². The first-order chi connectivity index (χ1) is 9.33. The molecule has 1 rings (SSSR count). The smallest absolute Gasteiger partial charge is 0.458 e. The van der Waals surface area contributed by atoms with E-state index in [1.807, 2.05) is 0 Å². The van der Waals surface area contributed by atoms with Crippen LogP contribution in [0.3, 0.4) is 0 Å². The van der Waals surface area contributed by atoms with Crippen LogP contribution in [0.4, 0.5) is 22.0 Å². The summed E-state index contributed by atoms with van der Waals surface area (Å²) in [5.41, 5.74) is -2.26. The first-order valence-electron chi connectivity index (χ1n) is 5.95. The third kappa shape index (κ3) is 4.64. The van der Waals surface area contributed by atoms with Gasteiger partial charge in [-0.05, 0) is 32.9 Å². The number of alkyl halides is 5. The maximum absolute atomic E-state index is 13.2. The Labute approximate surface area is 118 Å². The lowest BCUT2D eigenvalue weighted by atomic mass is 10.1. The fourth-order valence-electron chi connectivity index (χ4n) is 1.46. The summed E-state index contributed by atoms with van der Waals surface area (Å²) in [6.45, 7) is 4.81. The van der Waals surface area contributed by atoms with E-state index in [2.05, 4.69) is 4.98 Å². The van der Waals surface area contributed by atoms with Gasteiger partial charge in [-0.1, -0.05) is 0 Å². The van der Waals surface area contributed by atoms with Gasteiger partial charge < -0.3 is 4.74 Å². The maximum atomic E-state index is 13.2. The van der Waals surface area contributed by atoms with Gasteiger partial charge in [0.1, 0.15) is 5.60 Å². The second kappa shape index (κ2) is 5.57. The van der Waals surface area contributed by atoms with Crippen molar-refractivity contribution in [3.63, 3.8) is 0 Å². The van der Waals surface area contributed by atoms with E-state index in [1.54, 1.807) is 20.8 Å². The summed E-state index contributed by atoms with van der Waals surface area (Å²) in [6.07, 6.45) is -5.40. The molecule has 0 unspecified atom stereocenters. The van der Waals surface area contributed by atoms with Crippen LogP contribution in [-0.2, 0) is 21.9 Å². The van der Waals surface area contributed by atoms with Crippen molar-refractivity contribution in [2.75, 3.05) is 0 Å². The Balaban J connectivity index is 2.95. The molecule has 0 aromatic carbocycles. The van der Waals surface area contributed by atoms with Gasteiger partial charge in [-0.25, -0.2) is 0 Å². The number of pyridine rings is 1. The molecule has 3 nitrogen and oxygen atoms in total. The highest BCUT2D eigenvalue weighted by atomic mass is 19.4. The molecule has 0 radical (unpaired) electrons. The summed E-state index contributed by atoms with van der Waals surface area (Å²) in [6, 6.07) is 1.11. The normalized spacial score (nSPS) is 13.1. The van der Waals surface area contributed by atoms with Gasteiger partial charge in [0.2, 0.25) is 0 Å². The molecule has 0 aliphatic heterocycles. The largest absolute Gasteiger partial charge is 0.460 e. The molecule has 0 aliphatic rings. The van der Waals surface area contributed by atoms with Crippen molar-refractivity contribution >= 4 is 5.97 Å². The van der Waals surface area contributed by atoms with Gasteiger partial charge in [0, 0.05) is 11.8 Å². The second-order valence-corrected chi connectivity index (χ2v) is 5.37. The molecule has 0 aliphatic carbocycles. The minimum absolute atomic E-state index is 0.217. The summed E-state index contributed by atoms with van der Waals surface area (Å²) in [5, 5.41) is 0. The van der Waals surface area contributed by atoms with Crippen LogP contribution in [0.2, 0.25) is 0 Å². The van der Waals surface area contributed by atoms with Crippen molar-refractivity contribution in [1.29, 1.82) is 0 Å². The summed E-state index contributed by atoms with van der Waals surface area (Å²) in [4.78, 5) is 15.1. The Morgan fingerprint density at radius 2 is 1.76 bits per heavy atom. The van der Waals surface area contributed by atoms with Crippen LogP contribution in [0.15, 0.2) is 18.3 Å². The van der Waals surface area contributed by atoms with E-state index < -0.39 is 35.7 Å². The Bertz CT molecular complexity index is 520. The van der Waals surface area contributed by atoms with Crippen molar-refractivity contribution in [3.05, 3.63) is 29.6 Å². The number of aromatic nitrogens is 1. The van der Waals surface area contributed by atoms with E-state index in [0.717, 1.165) is 6.20 Å². The van der Waals surface area contributed by atoms with E-state index in [9.17, 15) is 26.7 Å². The summed E-state index contributed by atoms with van der Waals surface area (Å²) < 4.78 is 68.1. The highest BCUT2D eigenvalue weighted by molar-refractivity contribution is 5.72. The topological polar surface area (TPSA) is 39.2 Å². The monoisotopic (exact) mass is 311 g/mol. The predicted octanol–water partition coefficient (Wildman–Crippen LogP) is 3.62. The summed E-state index contributed by atoms with van der Waals surface area (Å²) >= 11 is 0. The molecule has 0 bridgehead atoms. The van der Waals surface area contributed by atoms with Crippen molar-refractivity contribution in [2.24, 2.45) is 0 Å². The number of hydrogen-bond donors (Lipinski definition) is 0. The van der Waals surface area contributed by atoms with Gasteiger partial charge in [0.25, 0.3) is 0 Å². The molecule has 0 spiro atoms. The van der Waals surface area contributed by atoms with Crippen molar-refractivity contribution in [2.45, 2.75) is 44.9 Å². The zero-order valence-corrected chi connectivity index (χ0v) is 11.6. The number of carbonyl (C=O) groups is 1. The van der Waals surface area contributed by atoms with Crippen LogP contribution >= 0.6 is 0 Å². The molecule has 8 heteroatoms. The molecule has 0 saturated carbocycles. The van der Waals surface area contributed by atoms with Gasteiger partial charge >= 0.3 is 18.1 Å². The number of halogens is 5. The molecular weight excluding hydrogens is 297 g/mol. The summed E-state index contributed by atoms with van der Waals surface area (Å²) in [5.74, 6) is -5.76. The number of rotatable bonds is 3. The number of nitrogens with zero attached hydrogens (tertiary/aromatic N) is 1. The standard InChI is InChI=1S/C13H14F5NO2/c1-11(2,3)21-10(20)7-9-6-8(4-5-19-9)12(14,15)13(16,17)18/h4-6H,7H2,1-3H3. The first-order valence-corrected chi connectivity index (χ1v) is 5.95. The predicted molar refractivity (Wildman–Crippen MR) is 63.7 cm³/mol. The maximum Gasteiger partial charge on any atom is 0.458 e. The van der Waals surface area contributed by atoms with Gasteiger partial charge in [0.15, 0.2) is 0 Å². The van der Waals surface area contributed by atoms with Gasteiger partial charge in [0.05, 0.1) is 12.1 Å². The summed E-state index contributed by atoms with van der Waals surface area (Å²) in [7, 11) is 0. The van der Waals surface area contributed by atoms with Gasteiger partial charge in [-0.2, -0.15) is 22.0 Å². The fourth-order valence-corrected chi connectivity index (χ4v) is 1.46. The zero-order valence-electron chi connectivity index (χ0n) is 11.6. The first kappa shape index (κ1) is 17.3. The minimum atomic E-state index is -5.71. The van der Waals surface area contributed by atoms with Crippen LogP contribution in [-0.4, -0.2) is 22.7 Å². The fraction of sp³-hybridized carbons (Fsp3) is 0.538. The number of carbonyl (C=O) groups excluding carboxylic acids is 1. The lowest BCUT2D eigenvalue weighted by Gasteiger charge is -2.21. The molecule has 21 heavy (non-hydrogen) atoms. The Morgan fingerprint density at radius 1 is 1.19 bits per heavy atom. The number of hydrogen-bond acceptors (Lipinski definition) is 3. The van der Waals surface area contributed by atoms with Crippen molar-refractivity contribution in [3.8, 4) is 0 Å².